The van der Waals surface area contributed by atoms with E-state index in [1.54, 1.807) is 14.2 Å². The van der Waals surface area contributed by atoms with Crippen LogP contribution in [0.1, 0.15) is 20.8 Å². The van der Waals surface area contributed by atoms with E-state index < -0.39 is 15.9 Å². The Labute approximate surface area is 94.0 Å². The van der Waals surface area contributed by atoms with Crippen LogP contribution in [-0.4, -0.2) is 41.7 Å². The highest BCUT2D eigenvalue weighted by molar-refractivity contribution is 7.63. The van der Waals surface area contributed by atoms with Crippen LogP contribution in [0.5, 0.6) is 0 Å². The Hall–Kier alpha value is 0.327. The van der Waals surface area contributed by atoms with E-state index >= 15 is 0 Å². The molecule has 0 atom stereocenters. The van der Waals surface area contributed by atoms with Gasteiger partial charge < -0.3 is 17.8 Å². The van der Waals surface area contributed by atoms with Crippen molar-refractivity contribution >= 4 is 15.9 Å². The Bertz CT molecular complexity index is 202. The van der Waals surface area contributed by atoms with E-state index in [2.05, 4.69) is 0 Å². The summed E-state index contributed by atoms with van der Waals surface area (Å²) in [6.07, 6.45) is 1.62. The lowest BCUT2D eigenvalue weighted by Gasteiger charge is -2.27. The Morgan fingerprint density at radius 3 is 1.80 bits per heavy atom. The molecule has 0 aromatic rings. The molecule has 0 saturated heterocycles. The number of hydrogen-bond donors (Lipinski definition) is 0. The highest BCUT2D eigenvalue weighted by Crippen LogP contribution is 2.45. The van der Waals surface area contributed by atoms with E-state index in [1.807, 2.05) is 20.8 Å². The molecule has 0 bridgehead atoms. The second-order valence-electron chi connectivity index (χ2n) is 3.41. The summed E-state index contributed by atoms with van der Waals surface area (Å²) in [5.41, 5.74) is 0. The first-order valence-electron chi connectivity index (χ1n) is 5.32. The maximum Gasteiger partial charge on any atom is 0.500 e. The second-order valence-corrected chi connectivity index (χ2v) is 10.2. The molecule has 0 aliphatic heterocycles. The molecule has 0 unspecified atom stereocenters. The van der Waals surface area contributed by atoms with Gasteiger partial charge in [-0.1, -0.05) is 20.8 Å². The first kappa shape index (κ1) is 15.3. The van der Waals surface area contributed by atoms with Crippen molar-refractivity contribution in [2.75, 3.05) is 32.9 Å². The third-order valence-corrected chi connectivity index (χ3v) is 8.57. The van der Waals surface area contributed by atoms with Crippen LogP contribution in [0.4, 0.5) is 0 Å². The van der Waals surface area contributed by atoms with Gasteiger partial charge in [-0.05, 0) is 0 Å². The Morgan fingerprint density at radius 1 is 1.07 bits per heavy atom. The van der Waals surface area contributed by atoms with Crippen molar-refractivity contribution in [3.8, 4) is 0 Å². The predicted molar refractivity (Wildman–Crippen MR) is 64.9 cm³/mol. The Balaban J connectivity index is 4.39. The van der Waals surface area contributed by atoms with E-state index in [-0.39, 0.29) is 6.35 Å². The fourth-order valence-corrected chi connectivity index (χ4v) is 4.94. The van der Waals surface area contributed by atoms with E-state index in [1.165, 1.54) is 0 Å². The minimum atomic E-state index is -2.53. The summed E-state index contributed by atoms with van der Waals surface area (Å²) in [7, 11) is -1.53. The highest BCUT2D eigenvalue weighted by atomic mass is 31.2. The van der Waals surface area contributed by atoms with Crippen molar-refractivity contribution in [2.24, 2.45) is 0 Å². The minimum Gasteiger partial charge on any atom is -0.377 e. The third-order valence-electron chi connectivity index (χ3n) is 2.73. The molecular formula is C9H23O4PSi. The summed E-state index contributed by atoms with van der Waals surface area (Å²) in [6.45, 7) is 5.83. The normalized spacial score (nSPS) is 13.1. The van der Waals surface area contributed by atoms with Gasteiger partial charge in [-0.3, -0.25) is 0 Å². The summed E-state index contributed by atoms with van der Waals surface area (Å²) >= 11 is 0. The monoisotopic (exact) mass is 254 g/mol. The van der Waals surface area contributed by atoms with Gasteiger partial charge in [0.05, 0.1) is 6.35 Å². The molecule has 0 spiro atoms. The standard InChI is InChI=1S/C9H23O4PSi/c1-6-14(10,7-2)9-13-15(8-3,11-4)12-5/h6-9H2,1-5H3. The van der Waals surface area contributed by atoms with Crippen LogP contribution in [-0.2, 0) is 17.8 Å². The summed E-state index contributed by atoms with van der Waals surface area (Å²) < 4.78 is 28.4. The van der Waals surface area contributed by atoms with Gasteiger partial charge in [0.1, 0.15) is 7.14 Å². The first-order valence-corrected chi connectivity index (χ1v) is 9.52. The second kappa shape index (κ2) is 6.81. The SMILES string of the molecule is CC[Si](OC)(OC)OCP(=O)(CC)CC. The van der Waals surface area contributed by atoms with E-state index in [4.69, 9.17) is 13.3 Å². The maximum absolute atomic E-state index is 12.1. The van der Waals surface area contributed by atoms with Crippen LogP contribution in [0.3, 0.4) is 0 Å². The topological polar surface area (TPSA) is 44.8 Å². The molecule has 0 radical (unpaired) electrons. The van der Waals surface area contributed by atoms with E-state index in [0.717, 1.165) is 0 Å². The molecule has 0 N–H and O–H groups in total. The molecule has 0 heterocycles. The molecular weight excluding hydrogens is 231 g/mol. The molecule has 0 aromatic carbocycles. The van der Waals surface area contributed by atoms with Gasteiger partial charge >= 0.3 is 8.80 Å². The van der Waals surface area contributed by atoms with Gasteiger partial charge in [-0.2, -0.15) is 0 Å². The predicted octanol–water partition coefficient (Wildman–Crippen LogP) is 2.62. The first-order chi connectivity index (χ1) is 7.01. The van der Waals surface area contributed by atoms with Crippen molar-refractivity contribution in [1.29, 1.82) is 0 Å². The van der Waals surface area contributed by atoms with Crippen LogP contribution in [0, 0.1) is 0 Å². The summed E-state index contributed by atoms with van der Waals surface area (Å²) in [5.74, 6) is 0. The largest absolute Gasteiger partial charge is 0.500 e. The summed E-state index contributed by atoms with van der Waals surface area (Å²) in [6, 6.07) is 0.702. The van der Waals surface area contributed by atoms with Crippen LogP contribution in [0.2, 0.25) is 6.04 Å². The zero-order valence-electron chi connectivity index (χ0n) is 10.4. The molecule has 0 amide bonds. The lowest BCUT2D eigenvalue weighted by atomic mass is 11.0. The van der Waals surface area contributed by atoms with Gasteiger partial charge in [0.25, 0.3) is 0 Å². The van der Waals surface area contributed by atoms with Crippen molar-refractivity contribution < 1.29 is 17.8 Å². The average molecular weight is 254 g/mol. The minimum absolute atomic E-state index is 0.280. The molecule has 92 valence electrons. The number of rotatable bonds is 8. The number of hydrogen-bond acceptors (Lipinski definition) is 4. The molecule has 0 fully saturated rings. The highest BCUT2D eigenvalue weighted by Gasteiger charge is 2.38. The molecule has 0 rings (SSSR count). The lowest BCUT2D eigenvalue weighted by Crippen LogP contribution is -2.43. The van der Waals surface area contributed by atoms with Crippen molar-refractivity contribution in [3.63, 3.8) is 0 Å². The lowest BCUT2D eigenvalue weighted by molar-refractivity contribution is 0.117. The summed E-state index contributed by atoms with van der Waals surface area (Å²) in [4.78, 5) is 0. The zero-order valence-corrected chi connectivity index (χ0v) is 12.3. The Kier molecular flexibility index (Phi) is 6.96. The fraction of sp³-hybridized carbons (Fsp3) is 1.00. The van der Waals surface area contributed by atoms with Crippen molar-refractivity contribution in [2.45, 2.75) is 26.8 Å². The quantitative estimate of drug-likeness (QED) is 0.493. The Morgan fingerprint density at radius 2 is 1.53 bits per heavy atom. The van der Waals surface area contributed by atoms with Gasteiger partial charge in [0.15, 0.2) is 0 Å². The van der Waals surface area contributed by atoms with Crippen LogP contribution in [0.25, 0.3) is 0 Å². The van der Waals surface area contributed by atoms with Crippen LogP contribution < -0.4 is 0 Å². The zero-order chi connectivity index (χ0) is 11.9. The van der Waals surface area contributed by atoms with Crippen molar-refractivity contribution in [1.82, 2.24) is 0 Å². The van der Waals surface area contributed by atoms with Gasteiger partial charge in [-0.25, -0.2) is 0 Å². The van der Waals surface area contributed by atoms with E-state index in [0.29, 0.717) is 18.4 Å². The van der Waals surface area contributed by atoms with Crippen LogP contribution in [0.15, 0.2) is 0 Å². The third kappa shape index (κ3) is 4.37. The molecule has 0 aromatic heterocycles. The van der Waals surface area contributed by atoms with Gasteiger partial charge in [-0.15, -0.1) is 0 Å². The average Bonchev–Trinajstić information content (AvgIpc) is 2.31. The van der Waals surface area contributed by atoms with Gasteiger partial charge in [0, 0.05) is 32.6 Å². The fourth-order valence-electron chi connectivity index (χ4n) is 1.21. The maximum atomic E-state index is 12.1. The molecule has 4 nitrogen and oxygen atoms in total. The smallest absolute Gasteiger partial charge is 0.377 e. The van der Waals surface area contributed by atoms with Gasteiger partial charge in [0.2, 0.25) is 0 Å². The molecule has 0 aliphatic carbocycles. The molecule has 0 saturated carbocycles. The molecule has 0 aliphatic rings. The van der Waals surface area contributed by atoms with Crippen molar-refractivity contribution in [3.05, 3.63) is 0 Å². The van der Waals surface area contributed by atoms with Crippen LogP contribution >= 0.6 is 7.14 Å². The summed E-state index contributed by atoms with van der Waals surface area (Å²) in [5, 5.41) is 0. The molecule has 6 heteroatoms. The molecule has 15 heavy (non-hydrogen) atoms. The van der Waals surface area contributed by atoms with E-state index in [9.17, 15) is 4.57 Å².